The third-order valence-corrected chi connectivity index (χ3v) is 1.88. The third kappa shape index (κ3) is 1.06. The largest absolute Gasteiger partial charge is 0.232 e. The molecule has 0 saturated heterocycles. The summed E-state index contributed by atoms with van der Waals surface area (Å²) >= 11 is 5.77. The van der Waals surface area contributed by atoms with Gasteiger partial charge in [0.15, 0.2) is 5.65 Å². The van der Waals surface area contributed by atoms with Crippen LogP contribution in [0.1, 0.15) is 11.3 Å². The maximum absolute atomic E-state index is 5.77. The lowest BCUT2D eigenvalue weighted by atomic mass is 10.3. The van der Waals surface area contributed by atoms with Crippen LogP contribution in [0.4, 0.5) is 0 Å². The van der Waals surface area contributed by atoms with Gasteiger partial charge in [-0.2, -0.15) is 5.10 Å². The van der Waals surface area contributed by atoms with Crippen LogP contribution >= 0.6 is 11.6 Å². The first-order chi connectivity index (χ1) is 5.66. The molecule has 0 aliphatic heterocycles. The normalized spacial score (nSPS) is 10.9. The average Bonchev–Trinajstić information content (AvgIpc) is 2.29. The minimum Gasteiger partial charge on any atom is -0.232 e. The molecule has 0 bridgehead atoms. The van der Waals surface area contributed by atoms with E-state index in [4.69, 9.17) is 11.6 Å². The molecule has 0 radical (unpaired) electrons. The Morgan fingerprint density at radius 2 is 2.17 bits per heavy atom. The summed E-state index contributed by atoms with van der Waals surface area (Å²) in [5, 5.41) is 4.57. The molecule has 0 unspecified atom stereocenters. The fraction of sp³-hybridized carbons (Fsp3) is 0.250. The number of rotatable bonds is 0. The van der Waals surface area contributed by atoms with Gasteiger partial charge in [0.1, 0.15) is 5.15 Å². The molecular weight excluding hydrogens is 174 g/mol. The summed E-state index contributed by atoms with van der Waals surface area (Å²) in [4.78, 5) is 4.30. The van der Waals surface area contributed by atoms with Gasteiger partial charge in [-0.05, 0) is 25.5 Å². The zero-order chi connectivity index (χ0) is 8.72. The highest BCUT2D eigenvalue weighted by Gasteiger charge is 2.02. The van der Waals surface area contributed by atoms with Gasteiger partial charge in [0.2, 0.25) is 0 Å². The summed E-state index contributed by atoms with van der Waals surface area (Å²) in [6.07, 6.45) is 1.86. The van der Waals surface area contributed by atoms with Crippen molar-refractivity contribution in [2.45, 2.75) is 13.8 Å². The van der Waals surface area contributed by atoms with Crippen LogP contribution in [0.2, 0.25) is 5.15 Å². The summed E-state index contributed by atoms with van der Waals surface area (Å²) in [5.41, 5.74) is 2.87. The molecule has 2 aromatic heterocycles. The van der Waals surface area contributed by atoms with Gasteiger partial charge >= 0.3 is 0 Å². The molecule has 62 valence electrons. The van der Waals surface area contributed by atoms with Crippen molar-refractivity contribution in [2.24, 2.45) is 0 Å². The molecule has 4 heteroatoms. The molecule has 0 saturated carbocycles. The molecule has 3 nitrogen and oxygen atoms in total. The van der Waals surface area contributed by atoms with Crippen LogP contribution < -0.4 is 0 Å². The fourth-order valence-corrected chi connectivity index (χ4v) is 1.45. The highest BCUT2D eigenvalue weighted by atomic mass is 35.5. The van der Waals surface area contributed by atoms with Crippen LogP contribution in [0.15, 0.2) is 12.3 Å². The first-order valence-electron chi connectivity index (χ1n) is 3.66. The maximum Gasteiger partial charge on any atom is 0.156 e. The Kier molecular flexibility index (Phi) is 1.54. The van der Waals surface area contributed by atoms with Gasteiger partial charge in [0, 0.05) is 0 Å². The molecule has 2 aromatic rings. The molecule has 0 aliphatic rings. The van der Waals surface area contributed by atoms with E-state index in [0.29, 0.717) is 5.15 Å². The topological polar surface area (TPSA) is 30.2 Å². The van der Waals surface area contributed by atoms with E-state index in [1.807, 2.05) is 26.1 Å². The van der Waals surface area contributed by atoms with Crippen LogP contribution in [-0.2, 0) is 0 Å². The van der Waals surface area contributed by atoms with Crippen LogP contribution in [-0.4, -0.2) is 14.6 Å². The van der Waals surface area contributed by atoms with Crippen molar-refractivity contribution in [3.05, 3.63) is 28.7 Å². The van der Waals surface area contributed by atoms with E-state index in [2.05, 4.69) is 10.1 Å². The summed E-state index contributed by atoms with van der Waals surface area (Å²) in [5.74, 6) is 0. The molecule has 0 spiro atoms. The molecule has 0 amide bonds. The quantitative estimate of drug-likeness (QED) is 0.622. The second-order valence-corrected chi connectivity index (χ2v) is 3.19. The second kappa shape index (κ2) is 2.45. The number of aryl methyl sites for hydroxylation is 2. The molecular formula is C8H8ClN3. The van der Waals surface area contributed by atoms with E-state index >= 15 is 0 Å². The second-order valence-electron chi connectivity index (χ2n) is 2.80. The Bertz CT molecular complexity index is 433. The monoisotopic (exact) mass is 181 g/mol. The van der Waals surface area contributed by atoms with Gasteiger partial charge in [0.25, 0.3) is 0 Å². The number of hydrogen-bond acceptors (Lipinski definition) is 2. The minimum absolute atomic E-state index is 0.498. The number of fused-ring (bicyclic) bond motifs is 1. The fourth-order valence-electron chi connectivity index (χ4n) is 1.21. The van der Waals surface area contributed by atoms with Gasteiger partial charge in [-0.15, -0.1) is 0 Å². The average molecular weight is 182 g/mol. The molecule has 12 heavy (non-hydrogen) atoms. The third-order valence-electron chi connectivity index (χ3n) is 1.70. The van der Waals surface area contributed by atoms with E-state index in [0.717, 1.165) is 16.9 Å². The maximum atomic E-state index is 5.77. The Balaban J connectivity index is 2.88. The van der Waals surface area contributed by atoms with Crippen molar-refractivity contribution in [3.8, 4) is 0 Å². The van der Waals surface area contributed by atoms with E-state index in [9.17, 15) is 0 Å². The summed E-state index contributed by atoms with van der Waals surface area (Å²) in [7, 11) is 0. The first kappa shape index (κ1) is 7.55. The lowest BCUT2D eigenvalue weighted by molar-refractivity contribution is 0.927. The van der Waals surface area contributed by atoms with Gasteiger partial charge < -0.3 is 0 Å². The summed E-state index contributed by atoms with van der Waals surface area (Å²) < 4.78 is 1.70. The number of aromatic nitrogens is 3. The lowest BCUT2D eigenvalue weighted by Crippen LogP contribution is -1.92. The standard InChI is InChI=1S/C8H8ClN3/c1-5-3-7(9)11-12-4-6(2)10-8(5)12/h3-4H,1-2H3. The molecule has 2 heterocycles. The zero-order valence-corrected chi connectivity index (χ0v) is 7.63. The van der Waals surface area contributed by atoms with Crippen molar-refractivity contribution >= 4 is 17.2 Å². The smallest absolute Gasteiger partial charge is 0.156 e. The Labute approximate surface area is 75.0 Å². The van der Waals surface area contributed by atoms with Gasteiger partial charge in [0.05, 0.1) is 11.9 Å². The highest BCUT2D eigenvalue weighted by molar-refractivity contribution is 6.29. The first-order valence-corrected chi connectivity index (χ1v) is 4.04. The van der Waals surface area contributed by atoms with Crippen LogP contribution in [0.5, 0.6) is 0 Å². The minimum atomic E-state index is 0.498. The van der Waals surface area contributed by atoms with Crippen LogP contribution in [0.3, 0.4) is 0 Å². The lowest BCUT2D eigenvalue weighted by Gasteiger charge is -1.96. The predicted molar refractivity (Wildman–Crippen MR) is 47.5 cm³/mol. The SMILES string of the molecule is Cc1cn2nc(Cl)cc(C)c2n1. The molecule has 0 N–H and O–H groups in total. The Morgan fingerprint density at radius 1 is 1.42 bits per heavy atom. The predicted octanol–water partition coefficient (Wildman–Crippen LogP) is 2.00. The number of halogens is 1. The van der Waals surface area contributed by atoms with E-state index in [1.54, 1.807) is 4.52 Å². The van der Waals surface area contributed by atoms with Crippen molar-refractivity contribution in [2.75, 3.05) is 0 Å². The summed E-state index contributed by atoms with van der Waals surface area (Å²) in [6, 6.07) is 1.81. The molecule has 0 fully saturated rings. The van der Waals surface area contributed by atoms with Gasteiger partial charge in [-0.25, -0.2) is 9.50 Å². The van der Waals surface area contributed by atoms with Crippen molar-refractivity contribution in [1.29, 1.82) is 0 Å². The Hall–Kier alpha value is -1.09. The van der Waals surface area contributed by atoms with Gasteiger partial charge in [-0.3, -0.25) is 0 Å². The number of hydrogen-bond donors (Lipinski definition) is 0. The number of imidazole rings is 1. The van der Waals surface area contributed by atoms with E-state index in [-0.39, 0.29) is 0 Å². The number of nitrogens with zero attached hydrogens (tertiary/aromatic N) is 3. The molecule has 0 atom stereocenters. The zero-order valence-electron chi connectivity index (χ0n) is 6.87. The van der Waals surface area contributed by atoms with Crippen molar-refractivity contribution < 1.29 is 0 Å². The molecule has 2 rings (SSSR count). The van der Waals surface area contributed by atoms with Crippen molar-refractivity contribution in [1.82, 2.24) is 14.6 Å². The Morgan fingerprint density at radius 3 is 2.92 bits per heavy atom. The van der Waals surface area contributed by atoms with E-state index < -0.39 is 0 Å². The highest BCUT2D eigenvalue weighted by Crippen LogP contribution is 2.12. The van der Waals surface area contributed by atoms with E-state index in [1.165, 1.54) is 0 Å². The van der Waals surface area contributed by atoms with Gasteiger partial charge in [-0.1, -0.05) is 11.6 Å². The van der Waals surface area contributed by atoms with Crippen LogP contribution in [0.25, 0.3) is 5.65 Å². The summed E-state index contributed by atoms with van der Waals surface area (Å²) in [6.45, 7) is 3.90. The van der Waals surface area contributed by atoms with Crippen molar-refractivity contribution in [3.63, 3.8) is 0 Å². The van der Waals surface area contributed by atoms with Crippen LogP contribution in [0, 0.1) is 13.8 Å². The molecule has 0 aromatic carbocycles. The molecule has 0 aliphatic carbocycles.